The van der Waals surface area contributed by atoms with Crippen LogP contribution >= 0.6 is 11.3 Å². The Balaban J connectivity index is 1.36. The van der Waals surface area contributed by atoms with Gasteiger partial charge in [0.15, 0.2) is 0 Å². The van der Waals surface area contributed by atoms with E-state index in [4.69, 9.17) is 10.5 Å². The Morgan fingerprint density at radius 2 is 1.93 bits per heavy atom. The highest BCUT2D eigenvalue weighted by Crippen LogP contribution is 2.40. The predicted molar refractivity (Wildman–Crippen MR) is 167 cm³/mol. The fourth-order valence-electron chi connectivity index (χ4n) is 5.33. The molecule has 1 aliphatic rings. The number of carbonyl (C=O) groups is 1. The van der Waals surface area contributed by atoms with Gasteiger partial charge in [-0.2, -0.15) is 13.2 Å². The Morgan fingerprint density at radius 1 is 1.16 bits per heavy atom. The van der Waals surface area contributed by atoms with Gasteiger partial charge in [0.05, 0.1) is 17.0 Å². The summed E-state index contributed by atoms with van der Waals surface area (Å²) < 4.78 is 48.6. The highest BCUT2D eigenvalue weighted by molar-refractivity contribution is 7.16. The molecule has 0 bridgehead atoms. The molecule has 3 heterocycles. The minimum absolute atomic E-state index is 0.0313. The molecule has 1 amide bonds. The third-order valence-corrected chi connectivity index (χ3v) is 8.76. The standard InChI is InChI=1S/C32H35F3N6O2S/c1-20(23-8-5-6-9-24(23)32(33,34)35)43-27-18-29(44-30(27)31(36)42)41-19-38-25-16-21(10-11-26(25)41)22-12-13-37-28(17-22)40(4)15-7-14-39(2)3/h5-6,8-13,17-21H,7,14-16H2,1-4H3,(H2,36,42)/t20-,21?/m1/s1. The van der Waals surface area contributed by atoms with Crippen LogP contribution < -0.4 is 15.4 Å². The summed E-state index contributed by atoms with van der Waals surface area (Å²) in [4.78, 5) is 26.0. The average molecular weight is 625 g/mol. The first kappa shape index (κ1) is 31.3. The van der Waals surface area contributed by atoms with Crippen molar-refractivity contribution in [2.75, 3.05) is 39.1 Å². The number of amides is 1. The molecule has 0 fully saturated rings. The second kappa shape index (κ2) is 12.8. The number of alkyl halides is 3. The van der Waals surface area contributed by atoms with E-state index in [1.807, 2.05) is 30.0 Å². The summed E-state index contributed by atoms with van der Waals surface area (Å²) in [6.45, 7) is 3.42. The number of carbonyl (C=O) groups excluding carboxylic acids is 1. The SMILES string of the molecule is C[C@@H](Oc1cc(-n2cnc3c2C=CC(c2ccnc(N(C)CCCN(C)C)c2)C3)sc1C(N)=O)c1ccccc1C(F)(F)F. The van der Waals surface area contributed by atoms with Crippen LogP contribution in [-0.2, 0) is 12.6 Å². The normalized spacial score (nSPS) is 15.3. The maximum atomic E-state index is 13.6. The third-order valence-electron chi connectivity index (χ3n) is 7.63. The van der Waals surface area contributed by atoms with Gasteiger partial charge in [-0.3, -0.25) is 9.36 Å². The van der Waals surface area contributed by atoms with Gasteiger partial charge >= 0.3 is 6.18 Å². The fraction of sp³-hybridized carbons (Fsp3) is 0.344. The van der Waals surface area contributed by atoms with Crippen LogP contribution in [0.1, 0.15) is 63.1 Å². The van der Waals surface area contributed by atoms with Gasteiger partial charge in [-0.15, -0.1) is 11.3 Å². The molecule has 0 saturated heterocycles. The number of aromatic nitrogens is 3. The van der Waals surface area contributed by atoms with E-state index in [0.29, 0.717) is 11.4 Å². The number of thiophene rings is 1. The number of ether oxygens (including phenoxy) is 1. The van der Waals surface area contributed by atoms with Gasteiger partial charge in [0.2, 0.25) is 0 Å². The monoisotopic (exact) mass is 624 g/mol. The number of rotatable bonds is 11. The molecule has 2 N–H and O–H groups in total. The molecular formula is C32H35F3N6O2S. The van der Waals surface area contributed by atoms with E-state index < -0.39 is 23.8 Å². The summed E-state index contributed by atoms with van der Waals surface area (Å²) in [6.07, 6.45) is 3.83. The van der Waals surface area contributed by atoms with Crippen molar-refractivity contribution in [1.29, 1.82) is 0 Å². The largest absolute Gasteiger partial charge is 0.484 e. The second-order valence-corrected chi connectivity index (χ2v) is 12.2. The van der Waals surface area contributed by atoms with E-state index in [9.17, 15) is 18.0 Å². The number of allylic oxidation sites excluding steroid dienone is 1. The number of benzene rings is 1. The summed E-state index contributed by atoms with van der Waals surface area (Å²) in [6, 6.07) is 11.0. The number of hydrogen-bond acceptors (Lipinski definition) is 7. The number of hydrogen-bond donors (Lipinski definition) is 1. The summed E-state index contributed by atoms with van der Waals surface area (Å²) in [5.41, 5.74) is 7.72. The average Bonchev–Trinajstić information content (AvgIpc) is 3.60. The number of anilines is 1. The molecule has 0 spiro atoms. The second-order valence-electron chi connectivity index (χ2n) is 11.1. The van der Waals surface area contributed by atoms with Crippen molar-refractivity contribution in [2.24, 2.45) is 5.73 Å². The summed E-state index contributed by atoms with van der Waals surface area (Å²) in [5.74, 6) is 0.433. The Labute approximate surface area is 258 Å². The molecule has 1 aliphatic carbocycles. The summed E-state index contributed by atoms with van der Waals surface area (Å²) >= 11 is 1.11. The number of pyridine rings is 1. The quantitative estimate of drug-likeness (QED) is 0.210. The maximum Gasteiger partial charge on any atom is 0.416 e. The van der Waals surface area contributed by atoms with E-state index in [-0.39, 0.29) is 22.1 Å². The van der Waals surface area contributed by atoms with Crippen molar-refractivity contribution in [1.82, 2.24) is 19.4 Å². The van der Waals surface area contributed by atoms with Crippen LogP contribution in [0.3, 0.4) is 0 Å². The van der Waals surface area contributed by atoms with Gasteiger partial charge in [-0.25, -0.2) is 9.97 Å². The topological polar surface area (TPSA) is 89.5 Å². The molecule has 5 rings (SSSR count). The lowest BCUT2D eigenvalue weighted by Gasteiger charge is -2.22. The maximum absolute atomic E-state index is 13.6. The molecule has 1 aromatic carbocycles. The molecule has 0 saturated carbocycles. The van der Waals surface area contributed by atoms with E-state index in [1.165, 1.54) is 25.1 Å². The third kappa shape index (κ3) is 6.81. The molecule has 44 heavy (non-hydrogen) atoms. The number of nitrogens with zero attached hydrogens (tertiary/aromatic N) is 5. The highest BCUT2D eigenvalue weighted by Gasteiger charge is 2.35. The molecule has 8 nitrogen and oxygen atoms in total. The van der Waals surface area contributed by atoms with Crippen molar-refractivity contribution in [3.63, 3.8) is 0 Å². The zero-order chi connectivity index (χ0) is 31.6. The molecule has 232 valence electrons. The predicted octanol–water partition coefficient (Wildman–Crippen LogP) is 6.33. The summed E-state index contributed by atoms with van der Waals surface area (Å²) in [7, 11) is 6.18. The molecule has 12 heteroatoms. The van der Waals surface area contributed by atoms with Gasteiger partial charge in [-0.05, 0) is 63.8 Å². The minimum atomic E-state index is -4.54. The first-order chi connectivity index (χ1) is 20.9. The van der Waals surface area contributed by atoms with E-state index in [1.54, 1.807) is 12.4 Å². The smallest absolute Gasteiger partial charge is 0.416 e. The van der Waals surface area contributed by atoms with Gasteiger partial charge in [0.25, 0.3) is 5.91 Å². The van der Waals surface area contributed by atoms with Crippen molar-refractivity contribution in [3.8, 4) is 10.8 Å². The number of nitrogens with two attached hydrogens (primary N) is 1. The molecular weight excluding hydrogens is 589 g/mol. The Morgan fingerprint density at radius 3 is 2.66 bits per heavy atom. The van der Waals surface area contributed by atoms with Crippen LogP contribution in [0.5, 0.6) is 5.75 Å². The molecule has 0 aliphatic heterocycles. The van der Waals surface area contributed by atoms with Crippen LogP contribution in [0.4, 0.5) is 19.0 Å². The first-order valence-electron chi connectivity index (χ1n) is 14.3. The Bertz CT molecular complexity index is 1660. The molecule has 2 atom stereocenters. The lowest BCUT2D eigenvalue weighted by atomic mass is 9.90. The van der Waals surface area contributed by atoms with Crippen molar-refractivity contribution in [2.45, 2.75) is 38.0 Å². The van der Waals surface area contributed by atoms with E-state index in [2.05, 4.69) is 46.0 Å². The van der Waals surface area contributed by atoms with Gasteiger partial charge < -0.3 is 20.3 Å². The lowest BCUT2D eigenvalue weighted by Crippen LogP contribution is -2.24. The van der Waals surface area contributed by atoms with Crippen LogP contribution in [0.2, 0.25) is 0 Å². The molecule has 1 unspecified atom stereocenters. The van der Waals surface area contributed by atoms with Crippen LogP contribution in [-0.4, -0.2) is 59.6 Å². The zero-order valence-corrected chi connectivity index (χ0v) is 25.8. The zero-order valence-electron chi connectivity index (χ0n) is 25.0. The van der Waals surface area contributed by atoms with E-state index >= 15 is 0 Å². The first-order valence-corrected chi connectivity index (χ1v) is 15.1. The number of imidazole rings is 1. The van der Waals surface area contributed by atoms with Gasteiger partial charge in [0, 0.05) is 43.8 Å². The van der Waals surface area contributed by atoms with Crippen molar-refractivity contribution >= 4 is 29.1 Å². The van der Waals surface area contributed by atoms with Crippen LogP contribution in [0.15, 0.2) is 61.1 Å². The van der Waals surface area contributed by atoms with E-state index in [0.717, 1.165) is 59.7 Å². The number of fused-ring (bicyclic) bond motifs is 1. The van der Waals surface area contributed by atoms with Crippen LogP contribution in [0.25, 0.3) is 11.1 Å². The lowest BCUT2D eigenvalue weighted by molar-refractivity contribution is -0.139. The van der Waals surface area contributed by atoms with Crippen molar-refractivity contribution < 1.29 is 22.7 Å². The van der Waals surface area contributed by atoms with Crippen molar-refractivity contribution in [3.05, 3.63) is 94.0 Å². The molecule has 0 radical (unpaired) electrons. The number of primary amides is 1. The summed E-state index contributed by atoms with van der Waals surface area (Å²) in [5, 5.41) is 0.618. The highest BCUT2D eigenvalue weighted by atomic mass is 32.1. The molecule has 4 aromatic rings. The Hall–Kier alpha value is -4.16. The fourth-order valence-corrected chi connectivity index (χ4v) is 6.26. The van der Waals surface area contributed by atoms with Gasteiger partial charge in [-0.1, -0.05) is 24.3 Å². The molecule has 3 aromatic heterocycles. The van der Waals surface area contributed by atoms with Crippen LogP contribution in [0, 0.1) is 0 Å². The Kier molecular flexibility index (Phi) is 9.12. The minimum Gasteiger partial charge on any atom is -0.484 e. The van der Waals surface area contributed by atoms with Gasteiger partial charge in [0.1, 0.15) is 33.9 Å². The number of halogens is 3.